The van der Waals surface area contributed by atoms with Crippen LogP contribution in [-0.4, -0.2) is 31.9 Å². The lowest BCUT2D eigenvalue weighted by Crippen LogP contribution is -2.10. The number of aromatic nitrogens is 4. The molecule has 0 saturated heterocycles. The van der Waals surface area contributed by atoms with E-state index < -0.39 is 10.5 Å². The van der Waals surface area contributed by atoms with Crippen LogP contribution in [0.5, 0.6) is 0 Å². The molecule has 0 bridgehead atoms. The van der Waals surface area contributed by atoms with Gasteiger partial charge in [0.1, 0.15) is 11.5 Å². The van der Waals surface area contributed by atoms with Gasteiger partial charge >= 0.3 is 5.69 Å². The van der Waals surface area contributed by atoms with E-state index in [1.807, 2.05) is 0 Å². The van der Waals surface area contributed by atoms with Gasteiger partial charge in [0.05, 0.1) is 4.92 Å². The van der Waals surface area contributed by atoms with Gasteiger partial charge in [-0.3, -0.25) is 14.9 Å². The van der Waals surface area contributed by atoms with Gasteiger partial charge in [0.15, 0.2) is 10.2 Å². The lowest BCUT2D eigenvalue weighted by molar-refractivity contribution is -0.389. The van der Waals surface area contributed by atoms with Crippen molar-refractivity contribution in [1.82, 2.24) is 19.9 Å². The van der Waals surface area contributed by atoms with Crippen LogP contribution in [-0.2, 0) is 0 Å². The Labute approximate surface area is 122 Å². The Bertz CT molecular complexity index is 761. The maximum Gasteiger partial charge on any atom is 0.322 e. The van der Waals surface area contributed by atoms with Gasteiger partial charge < -0.3 is 16.0 Å². The summed E-state index contributed by atoms with van der Waals surface area (Å²) in [4.78, 5) is 36.2. The summed E-state index contributed by atoms with van der Waals surface area (Å²) >= 11 is 0.835. The molecule has 2 rings (SSSR count). The number of aryl methyl sites for hydroxylation is 1. The molecule has 0 atom stereocenters. The Kier molecular flexibility index (Phi) is 4.03. The van der Waals surface area contributed by atoms with E-state index in [0.717, 1.165) is 17.8 Å². The molecule has 2 heterocycles. The van der Waals surface area contributed by atoms with Crippen LogP contribution in [0.25, 0.3) is 0 Å². The molecule has 10 nitrogen and oxygen atoms in total. The highest BCUT2D eigenvalue weighted by Crippen LogP contribution is 2.33. The summed E-state index contributed by atoms with van der Waals surface area (Å²) in [7, 11) is 1.59. The summed E-state index contributed by atoms with van der Waals surface area (Å²) < 4.78 is 0. The van der Waals surface area contributed by atoms with Gasteiger partial charge in [-0.05, 0) is 18.7 Å². The van der Waals surface area contributed by atoms with E-state index in [-0.39, 0.29) is 33.3 Å². The highest BCUT2D eigenvalue weighted by molar-refractivity contribution is 7.99. The zero-order valence-corrected chi connectivity index (χ0v) is 11.9. The number of rotatable bonds is 4. The average molecular weight is 309 g/mol. The Morgan fingerprint density at radius 1 is 1.43 bits per heavy atom. The molecule has 110 valence electrons. The van der Waals surface area contributed by atoms with Crippen LogP contribution < -0.4 is 16.6 Å². The van der Waals surface area contributed by atoms with Crippen molar-refractivity contribution >= 4 is 29.2 Å². The van der Waals surface area contributed by atoms with Crippen LogP contribution in [0.2, 0.25) is 0 Å². The minimum absolute atomic E-state index is 0.0171. The third-order valence-electron chi connectivity index (χ3n) is 2.37. The molecule has 2 aromatic heterocycles. The molecule has 0 spiro atoms. The first-order valence-electron chi connectivity index (χ1n) is 5.66. The van der Waals surface area contributed by atoms with Crippen LogP contribution in [0, 0.1) is 17.0 Å². The second-order valence-corrected chi connectivity index (χ2v) is 4.85. The predicted molar refractivity (Wildman–Crippen MR) is 76.4 cm³/mol. The number of nitrogens with zero attached hydrogens (tertiary/aromatic N) is 4. The van der Waals surface area contributed by atoms with Crippen molar-refractivity contribution in [3.8, 4) is 0 Å². The second kappa shape index (κ2) is 5.75. The molecule has 0 aliphatic rings. The van der Waals surface area contributed by atoms with Gasteiger partial charge in [-0.1, -0.05) is 0 Å². The van der Waals surface area contributed by atoms with E-state index in [1.165, 1.54) is 6.92 Å². The Morgan fingerprint density at radius 2 is 2.14 bits per heavy atom. The summed E-state index contributed by atoms with van der Waals surface area (Å²) in [6.45, 7) is 1.50. The van der Waals surface area contributed by atoms with E-state index in [2.05, 4.69) is 25.3 Å². The van der Waals surface area contributed by atoms with Crippen molar-refractivity contribution in [1.29, 1.82) is 0 Å². The van der Waals surface area contributed by atoms with Gasteiger partial charge in [0.25, 0.3) is 5.56 Å². The minimum atomic E-state index is -0.582. The van der Waals surface area contributed by atoms with Crippen molar-refractivity contribution in [2.75, 3.05) is 18.1 Å². The number of aromatic amines is 1. The molecule has 0 aliphatic heterocycles. The summed E-state index contributed by atoms with van der Waals surface area (Å²) in [5, 5.41) is 14.0. The zero-order chi connectivity index (χ0) is 15.6. The van der Waals surface area contributed by atoms with E-state index in [0.29, 0.717) is 0 Å². The number of H-pyrrole nitrogens is 1. The summed E-state index contributed by atoms with van der Waals surface area (Å²) in [6.07, 6.45) is 0. The maximum atomic E-state index is 11.3. The van der Waals surface area contributed by atoms with Crippen LogP contribution in [0.4, 0.5) is 17.5 Å². The summed E-state index contributed by atoms with van der Waals surface area (Å²) in [6, 6.07) is 1.11. The molecule has 0 saturated carbocycles. The van der Waals surface area contributed by atoms with Crippen molar-refractivity contribution in [2.45, 2.75) is 17.1 Å². The SMILES string of the molecule is CNc1nc(C)c([N+](=O)[O-])c(Sc2nc(N)cc(=O)[nH]2)n1. The van der Waals surface area contributed by atoms with E-state index >= 15 is 0 Å². The normalized spacial score (nSPS) is 10.4. The van der Waals surface area contributed by atoms with Crippen molar-refractivity contribution in [3.05, 3.63) is 32.2 Å². The first-order valence-corrected chi connectivity index (χ1v) is 6.48. The molecule has 2 aromatic rings. The molecule has 0 amide bonds. The number of hydrogen-bond acceptors (Lipinski definition) is 9. The number of nitrogens with two attached hydrogens (primary N) is 1. The summed E-state index contributed by atoms with van der Waals surface area (Å²) in [5.74, 6) is 0.246. The van der Waals surface area contributed by atoms with Gasteiger partial charge in [-0.2, -0.15) is 4.98 Å². The molecule has 11 heteroatoms. The van der Waals surface area contributed by atoms with Crippen LogP contribution in [0.15, 0.2) is 21.0 Å². The lowest BCUT2D eigenvalue weighted by Gasteiger charge is -2.06. The number of nitrogen functional groups attached to an aromatic ring is 1. The zero-order valence-electron chi connectivity index (χ0n) is 11.1. The topological polar surface area (TPSA) is 153 Å². The standard InChI is InChI=1S/C10H11N7O3S/c1-4-7(17(19)20)8(16-9(12-2)13-4)21-10-14-5(11)3-6(18)15-10/h3H,1-2H3,(H,12,13,16)(H3,11,14,15,18). The molecule has 0 aliphatic carbocycles. The molecule has 0 aromatic carbocycles. The van der Waals surface area contributed by atoms with Gasteiger partial charge in [0, 0.05) is 13.1 Å². The average Bonchev–Trinajstić information content (AvgIpc) is 2.36. The minimum Gasteiger partial charge on any atom is -0.383 e. The van der Waals surface area contributed by atoms with Crippen LogP contribution in [0.3, 0.4) is 0 Å². The van der Waals surface area contributed by atoms with E-state index in [9.17, 15) is 14.9 Å². The molecule has 21 heavy (non-hydrogen) atoms. The fourth-order valence-electron chi connectivity index (χ4n) is 1.53. The molecule has 0 unspecified atom stereocenters. The molecule has 0 radical (unpaired) electrons. The quantitative estimate of drug-likeness (QED) is 0.318. The van der Waals surface area contributed by atoms with E-state index in [4.69, 9.17) is 5.73 Å². The molecular weight excluding hydrogens is 298 g/mol. The first-order chi connectivity index (χ1) is 9.90. The highest BCUT2D eigenvalue weighted by atomic mass is 32.2. The number of nitrogens with one attached hydrogen (secondary N) is 2. The molecular formula is C10H11N7O3S. The third kappa shape index (κ3) is 3.25. The van der Waals surface area contributed by atoms with Gasteiger partial charge in [0.2, 0.25) is 5.95 Å². The van der Waals surface area contributed by atoms with Crippen LogP contribution >= 0.6 is 11.8 Å². The number of hydrogen-bond donors (Lipinski definition) is 3. The van der Waals surface area contributed by atoms with Crippen molar-refractivity contribution in [2.24, 2.45) is 0 Å². The fraction of sp³-hybridized carbons (Fsp3) is 0.200. The van der Waals surface area contributed by atoms with Crippen LogP contribution in [0.1, 0.15) is 5.69 Å². The Balaban J connectivity index is 2.53. The monoisotopic (exact) mass is 309 g/mol. The Hall–Kier alpha value is -2.69. The first kappa shape index (κ1) is 14.7. The van der Waals surface area contributed by atoms with Gasteiger partial charge in [-0.25, -0.2) is 9.97 Å². The second-order valence-electron chi connectivity index (χ2n) is 3.87. The molecule has 0 fully saturated rings. The lowest BCUT2D eigenvalue weighted by atomic mass is 10.4. The van der Waals surface area contributed by atoms with Gasteiger partial charge in [-0.15, -0.1) is 0 Å². The fourth-order valence-corrected chi connectivity index (χ4v) is 2.46. The Morgan fingerprint density at radius 3 is 2.71 bits per heavy atom. The largest absolute Gasteiger partial charge is 0.383 e. The predicted octanol–water partition coefficient (Wildman–Crippen LogP) is 0.552. The molecule has 4 N–H and O–H groups in total. The van der Waals surface area contributed by atoms with Crippen molar-refractivity contribution in [3.63, 3.8) is 0 Å². The number of nitro groups is 1. The highest BCUT2D eigenvalue weighted by Gasteiger charge is 2.23. The summed E-state index contributed by atoms with van der Waals surface area (Å²) in [5.41, 5.74) is 4.98. The van der Waals surface area contributed by atoms with E-state index in [1.54, 1.807) is 7.05 Å². The third-order valence-corrected chi connectivity index (χ3v) is 3.23. The maximum absolute atomic E-state index is 11.3. The number of anilines is 2. The van der Waals surface area contributed by atoms with Crippen molar-refractivity contribution < 1.29 is 4.92 Å². The smallest absolute Gasteiger partial charge is 0.322 e.